The number of hydrogen-bond donors (Lipinski definition) is 0. The van der Waals surface area contributed by atoms with Gasteiger partial charge in [0.2, 0.25) is 5.78 Å². The van der Waals surface area contributed by atoms with E-state index in [0.717, 1.165) is 31.5 Å². The molecule has 0 spiro atoms. The van der Waals surface area contributed by atoms with Crippen molar-refractivity contribution in [2.75, 3.05) is 13.1 Å². The molecule has 0 fully saturated rings. The Hall–Kier alpha value is -2.73. The smallest absolute Gasteiger partial charge is 0.282 e. The molecule has 0 aliphatic heterocycles. The molecule has 6 heteroatoms. The van der Waals surface area contributed by atoms with Gasteiger partial charge < -0.3 is 4.90 Å². The number of aryl methyl sites for hydroxylation is 1. The fraction of sp³-hybridized carbons (Fsp3) is 0.407. The summed E-state index contributed by atoms with van der Waals surface area (Å²) in [5.41, 5.74) is 2.85. The Bertz CT molecular complexity index is 1150. The minimum atomic E-state index is -3.92. The van der Waals surface area contributed by atoms with Crippen molar-refractivity contribution in [2.45, 2.75) is 52.4 Å². The number of allylic oxidation sites excluding steroid dienone is 2. The summed E-state index contributed by atoms with van der Waals surface area (Å²) in [6.07, 6.45) is 3.55. The third-order valence-electron chi connectivity index (χ3n) is 5.78. The molecule has 2 aromatic carbocycles. The number of benzene rings is 2. The molecule has 0 bridgehead atoms. The second-order valence-electron chi connectivity index (χ2n) is 9.52. The molecule has 0 radical (unpaired) electrons. The van der Waals surface area contributed by atoms with E-state index < -0.39 is 10.0 Å². The molecule has 2 aromatic rings. The Balaban J connectivity index is 2.09. The number of hydrogen-bond acceptors (Lipinski definition) is 4. The van der Waals surface area contributed by atoms with Crippen molar-refractivity contribution in [2.24, 2.45) is 16.2 Å². The third kappa shape index (κ3) is 6.20. The fourth-order valence-corrected chi connectivity index (χ4v) is 4.69. The van der Waals surface area contributed by atoms with Crippen molar-refractivity contribution in [1.82, 2.24) is 4.90 Å². The topological polar surface area (TPSA) is 66.8 Å². The lowest BCUT2D eigenvalue weighted by Gasteiger charge is -2.30. The molecule has 5 nitrogen and oxygen atoms in total. The highest BCUT2D eigenvalue weighted by molar-refractivity contribution is 7.90. The van der Waals surface area contributed by atoms with E-state index in [1.54, 1.807) is 54.6 Å². The molecule has 0 atom stereocenters. The second-order valence-corrected chi connectivity index (χ2v) is 11.1. The van der Waals surface area contributed by atoms with Crippen LogP contribution in [0.25, 0.3) is 0 Å². The molecule has 3 rings (SSSR count). The molecule has 0 amide bonds. The van der Waals surface area contributed by atoms with Crippen LogP contribution in [0.5, 0.6) is 0 Å². The highest BCUT2D eigenvalue weighted by atomic mass is 32.2. The molecule has 0 saturated heterocycles. The molecule has 1 aliphatic rings. The van der Waals surface area contributed by atoms with Crippen LogP contribution in [0.4, 0.5) is 0 Å². The van der Waals surface area contributed by atoms with Gasteiger partial charge in [0.15, 0.2) is 0 Å². The summed E-state index contributed by atoms with van der Waals surface area (Å²) >= 11 is 0. The van der Waals surface area contributed by atoms with E-state index in [4.69, 9.17) is 0 Å². The second kappa shape index (κ2) is 10.5. The van der Waals surface area contributed by atoms with E-state index >= 15 is 0 Å². The zero-order valence-corrected chi connectivity index (χ0v) is 21.0. The Labute approximate surface area is 198 Å². The molecule has 0 unspecified atom stereocenters. The first-order valence-corrected chi connectivity index (χ1v) is 13.0. The van der Waals surface area contributed by atoms with Gasteiger partial charge in [-0.2, -0.15) is 12.8 Å². The number of fused-ring (bicyclic) bond motifs is 1. The van der Waals surface area contributed by atoms with Gasteiger partial charge in [-0.1, -0.05) is 69.7 Å². The number of nitrogens with zero attached hydrogens (tertiary/aromatic N) is 2. The van der Waals surface area contributed by atoms with Crippen LogP contribution in [-0.2, 0) is 10.0 Å². The summed E-state index contributed by atoms with van der Waals surface area (Å²) in [6, 6.07) is 13.8. The average molecular weight is 467 g/mol. The van der Waals surface area contributed by atoms with Gasteiger partial charge in [-0.05, 0) is 49.8 Å². The normalized spacial score (nSPS) is 15.2. The quantitative estimate of drug-likeness (QED) is 0.479. The lowest BCUT2D eigenvalue weighted by molar-refractivity contribution is 0.0985. The minimum Gasteiger partial charge on any atom is -0.368 e. The van der Waals surface area contributed by atoms with Gasteiger partial charge in [0.25, 0.3) is 10.0 Å². The van der Waals surface area contributed by atoms with Gasteiger partial charge in [-0.25, -0.2) is 0 Å². The zero-order chi connectivity index (χ0) is 24.2. The number of carbonyl (C=O) groups excluding carboxylic acids is 1. The first-order chi connectivity index (χ1) is 15.6. The summed E-state index contributed by atoms with van der Waals surface area (Å²) in [5, 5.41) is 0. The third-order valence-corrected chi connectivity index (χ3v) is 7.09. The molecule has 0 heterocycles. The van der Waals surface area contributed by atoms with Gasteiger partial charge in [0.05, 0.1) is 16.3 Å². The Morgan fingerprint density at radius 2 is 1.39 bits per heavy atom. The van der Waals surface area contributed by atoms with Gasteiger partial charge in [-0.3, -0.25) is 4.79 Å². The minimum absolute atomic E-state index is 0.0789. The molecular formula is C27H34N2O3S. The number of carbonyl (C=O) groups is 1. The van der Waals surface area contributed by atoms with Crippen molar-refractivity contribution in [1.29, 1.82) is 0 Å². The standard InChI is InChI=1S/C27H34N2O3S/c1-19(2)14-16-29(17-15-20(3)4)26-18-25(23-8-6-7-9-24(23)27(26)30)28-33(31,32)22-12-10-21(5)11-13-22/h6-13,18-20H,14-17H2,1-5H3. The van der Waals surface area contributed by atoms with Crippen molar-refractivity contribution in [3.63, 3.8) is 0 Å². The van der Waals surface area contributed by atoms with Gasteiger partial charge in [-0.15, -0.1) is 0 Å². The summed E-state index contributed by atoms with van der Waals surface area (Å²) in [7, 11) is -3.92. The van der Waals surface area contributed by atoms with E-state index in [1.165, 1.54) is 0 Å². The van der Waals surface area contributed by atoms with E-state index in [9.17, 15) is 13.2 Å². The van der Waals surface area contributed by atoms with E-state index in [1.807, 2.05) is 6.92 Å². The first-order valence-electron chi connectivity index (χ1n) is 11.6. The number of sulfonamides is 1. The maximum absolute atomic E-state index is 13.5. The molecule has 1 aliphatic carbocycles. The monoisotopic (exact) mass is 466 g/mol. The lowest BCUT2D eigenvalue weighted by Crippen LogP contribution is -2.34. The highest BCUT2D eigenvalue weighted by Gasteiger charge is 2.29. The molecule has 176 valence electrons. The van der Waals surface area contributed by atoms with Gasteiger partial charge >= 0.3 is 0 Å². The Morgan fingerprint density at radius 3 is 1.94 bits per heavy atom. The van der Waals surface area contributed by atoms with Crippen LogP contribution in [0.15, 0.2) is 69.6 Å². The van der Waals surface area contributed by atoms with Gasteiger partial charge in [0.1, 0.15) is 0 Å². The van der Waals surface area contributed by atoms with E-state index in [2.05, 4.69) is 37.0 Å². The lowest BCUT2D eigenvalue weighted by atomic mass is 9.91. The Morgan fingerprint density at radius 1 is 0.848 bits per heavy atom. The molecule has 0 aromatic heterocycles. The van der Waals surface area contributed by atoms with Crippen LogP contribution >= 0.6 is 0 Å². The Kier molecular flexibility index (Phi) is 7.90. The molecule has 0 saturated carbocycles. The van der Waals surface area contributed by atoms with Gasteiger partial charge in [0, 0.05) is 24.2 Å². The summed E-state index contributed by atoms with van der Waals surface area (Å²) in [6.45, 7) is 12.0. The maximum Gasteiger partial charge on any atom is 0.282 e. The van der Waals surface area contributed by atoms with Crippen molar-refractivity contribution in [3.05, 3.63) is 77.0 Å². The van der Waals surface area contributed by atoms with Crippen molar-refractivity contribution >= 4 is 21.5 Å². The molecule has 33 heavy (non-hydrogen) atoms. The fourth-order valence-electron chi connectivity index (χ4n) is 3.70. The molecule has 0 N–H and O–H groups in total. The van der Waals surface area contributed by atoms with Crippen LogP contribution in [-0.4, -0.2) is 37.9 Å². The predicted molar refractivity (Wildman–Crippen MR) is 134 cm³/mol. The van der Waals surface area contributed by atoms with Crippen LogP contribution in [0, 0.1) is 18.8 Å². The summed E-state index contributed by atoms with van der Waals surface area (Å²) < 4.78 is 30.4. The largest absolute Gasteiger partial charge is 0.368 e. The zero-order valence-electron chi connectivity index (χ0n) is 20.2. The predicted octanol–water partition coefficient (Wildman–Crippen LogP) is 5.65. The number of rotatable bonds is 9. The first kappa shape index (κ1) is 24.9. The summed E-state index contributed by atoms with van der Waals surface area (Å²) in [4.78, 5) is 15.7. The van der Waals surface area contributed by atoms with Crippen LogP contribution in [0.2, 0.25) is 0 Å². The average Bonchev–Trinajstić information content (AvgIpc) is 2.76. The number of Topliss-reactive ketones (excluding diaryl/α,β-unsaturated/α-hetero) is 1. The van der Waals surface area contributed by atoms with Crippen molar-refractivity contribution in [3.8, 4) is 0 Å². The maximum atomic E-state index is 13.5. The van der Waals surface area contributed by atoms with E-state index in [-0.39, 0.29) is 10.7 Å². The van der Waals surface area contributed by atoms with Crippen LogP contribution in [0.1, 0.15) is 62.0 Å². The van der Waals surface area contributed by atoms with E-state index in [0.29, 0.717) is 34.4 Å². The molecular weight excluding hydrogens is 432 g/mol. The van der Waals surface area contributed by atoms with Crippen LogP contribution < -0.4 is 0 Å². The highest BCUT2D eigenvalue weighted by Crippen LogP contribution is 2.27. The van der Waals surface area contributed by atoms with Crippen LogP contribution in [0.3, 0.4) is 0 Å². The summed E-state index contributed by atoms with van der Waals surface area (Å²) in [5.74, 6) is 0.908. The SMILES string of the molecule is Cc1ccc(S(=O)(=O)N=C2C=C(N(CCC(C)C)CCC(C)C)C(=O)c3ccccc32)cc1. The number of ketones is 1. The van der Waals surface area contributed by atoms with Crippen molar-refractivity contribution < 1.29 is 13.2 Å².